The molecule has 3 unspecified atom stereocenters. The highest BCUT2D eigenvalue weighted by Crippen LogP contribution is 2.74. The zero-order valence-corrected chi connectivity index (χ0v) is 18.1. The molecule has 0 amide bonds. The third-order valence-electron chi connectivity index (χ3n) is 9.32. The Morgan fingerprint density at radius 2 is 1.90 bits per heavy atom. The minimum Gasteiger partial charge on any atom is -0.459 e. The van der Waals surface area contributed by atoms with E-state index in [1.54, 1.807) is 13.8 Å². The number of carbonyl (C=O) groups is 3. The number of aliphatic hydroxyl groups is 3. The summed E-state index contributed by atoms with van der Waals surface area (Å²) in [7, 11) is 0. The van der Waals surface area contributed by atoms with Gasteiger partial charge in [-0.2, -0.15) is 0 Å². The van der Waals surface area contributed by atoms with Crippen LogP contribution >= 0.6 is 0 Å². The van der Waals surface area contributed by atoms with Crippen molar-refractivity contribution in [3.8, 4) is 0 Å². The third-order valence-corrected chi connectivity index (χ3v) is 9.32. The van der Waals surface area contributed by atoms with Crippen LogP contribution < -0.4 is 0 Å². The van der Waals surface area contributed by atoms with Crippen molar-refractivity contribution in [3.05, 3.63) is 0 Å². The summed E-state index contributed by atoms with van der Waals surface area (Å²) in [6.45, 7) is 6.55. The number of carbonyl (C=O) groups excluding carboxylic acids is 3. The van der Waals surface area contributed by atoms with Crippen LogP contribution in [-0.2, 0) is 28.6 Å². The van der Waals surface area contributed by atoms with Gasteiger partial charge in [0, 0.05) is 36.0 Å². The summed E-state index contributed by atoms with van der Waals surface area (Å²) in [6, 6.07) is 0. The quantitative estimate of drug-likeness (QED) is 0.474. The molecule has 0 aromatic heterocycles. The molecule has 0 aromatic carbocycles. The van der Waals surface area contributed by atoms with Gasteiger partial charge >= 0.3 is 11.9 Å². The Kier molecular flexibility index (Phi) is 4.31. The van der Waals surface area contributed by atoms with Gasteiger partial charge in [-0.3, -0.25) is 9.59 Å². The van der Waals surface area contributed by atoms with E-state index in [1.165, 1.54) is 6.92 Å². The van der Waals surface area contributed by atoms with Crippen molar-refractivity contribution in [2.75, 3.05) is 6.61 Å². The zero-order valence-electron chi connectivity index (χ0n) is 18.1. The second kappa shape index (κ2) is 6.27. The molecule has 2 saturated heterocycles. The summed E-state index contributed by atoms with van der Waals surface area (Å²) >= 11 is 0. The summed E-state index contributed by atoms with van der Waals surface area (Å²) in [5, 5.41) is 34.0. The standard InChI is InChI=1S/C22H30O9/c1-8-5-12(24)17(26)20(4)11(8)6-13-21-7-29-22(28,19(20)21)16(25)9(2)14(21)15(18(27)31-13)30-10(3)23/h8-9,11,13-17,19,25-26,28H,5-7H2,1-4H3/t8-,9+,11?,13+,14?,15+,16+,17+,19?,20+,21-,22-/m0/s1. The number of rotatable bonds is 1. The Hall–Kier alpha value is -1.55. The number of esters is 2. The van der Waals surface area contributed by atoms with Gasteiger partial charge in [0.25, 0.3) is 0 Å². The Labute approximate surface area is 180 Å². The highest BCUT2D eigenvalue weighted by atomic mass is 16.7. The molecular weight excluding hydrogens is 408 g/mol. The van der Waals surface area contributed by atoms with Crippen LogP contribution in [0.15, 0.2) is 0 Å². The van der Waals surface area contributed by atoms with E-state index in [0.717, 1.165) is 0 Å². The SMILES string of the molecule is CC(=O)O[C@H]1C(=O)O[C@@H]2CC3[C@@H](C)CC(=O)[C@@H](O)[C@]3(C)C3[C@@]24CO[C@@]3(O)[C@H](O)[C@H](C)C14. The lowest BCUT2D eigenvalue weighted by Crippen LogP contribution is -2.78. The molecule has 9 heteroatoms. The van der Waals surface area contributed by atoms with Gasteiger partial charge in [0.2, 0.25) is 6.10 Å². The number of Topliss-reactive ketones (excluding diaryl/α,β-unsaturated/α-hetero) is 1. The van der Waals surface area contributed by atoms with Crippen LogP contribution in [0.25, 0.3) is 0 Å². The van der Waals surface area contributed by atoms with E-state index < -0.39 is 70.7 Å². The Bertz CT molecular complexity index is 858. The summed E-state index contributed by atoms with van der Waals surface area (Å²) in [6.07, 6.45) is -4.07. The fourth-order valence-corrected chi connectivity index (χ4v) is 8.33. The van der Waals surface area contributed by atoms with E-state index in [9.17, 15) is 29.7 Å². The van der Waals surface area contributed by atoms with Crippen LogP contribution in [0.3, 0.4) is 0 Å². The van der Waals surface area contributed by atoms with Gasteiger partial charge in [-0.25, -0.2) is 4.79 Å². The molecule has 172 valence electrons. The molecule has 5 fully saturated rings. The largest absolute Gasteiger partial charge is 0.459 e. The minimum atomic E-state index is -2.02. The molecule has 5 aliphatic rings. The number of ether oxygens (including phenoxy) is 3. The fraction of sp³-hybridized carbons (Fsp3) is 0.864. The molecule has 3 saturated carbocycles. The maximum absolute atomic E-state index is 12.9. The van der Waals surface area contributed by atoms with E-state index in [0.29, 0.717) is 6.42 Å². The average molecular weight is 438 g/mol. The minimum absolute atomic E-state index is 0.0342. The van der Waals surface area contributed by atoms with Crippen LogP contribution in [-0.4, -0.2) is 69.9 Å². The van der Waals surface area contributed by atoms with Crippen molar-refractivity contribution in [1.29, 1.82) is 0 Å². The van der Waals surface area contributed by atoms with Gasteiger partial charge in [0.15, 0.2) is 11.6 Å². The van der Waals surface area contributed by atoms with Crippen LogP contribution in [0.1, 0.15) is 40.5 Å². The van der Waals surface area contributed by atoms with E-state index in [-0.39, 0.29) is 30.6 Å². The molecule has 3 aliphatic carbocycles. The highest BCUT2D eigenvalue weighted by molar-refractivity contribution is 5.85. The Morgan fingerprint density at radius 3 is 2.55 bits per heavy atom. The molecule has 2 aliphatic heterocycles. The molecule has 12 atom stereocenters. The monoisotopic (exact) mass is 438 g/mol. The molecule has 0 aromatic rings. The van der Waals surface area contributed by atoms with Crippen molar-refractivity contribution in [3.63, 3.8) is 0 Å². The van der Waals surface area contributed by atoms with Crippen LogP contribution in [0, 0.1) is 40.4 Å². The smallest absolute Gasteiger partial charge is 0.348 e. The molecule has 5 rings (SSSR count). The topological polar surface area (TPSA) is 140 Å². The van der Waals surface area contributed by atoms with E-state index >= 15 is 0 Å². The van der Waals surface area contributed by atoms with Gasteiger partial charge in [-0.05, 0) is 24.2 Å². The molecule has 2 bridgehead atoms. The van der Waals surface area contributed by atoms with Crippen LogP contribution in [0.2, 0.25) is 0 Å². The summed E-state index contributed by atoms with van der Waals surface area (Å²) in [4.78, 5) is 37.5. The molecule has 2 heterocycles. The fourth-order valence-electron chi connectivity index (χ4n) is 8.33. The van der Waals surface area contributed by atoms with Crippen LogP contribution in [0.5, 0.6) is 0 Å². The third kappa shape index (κ3) is 2.28. The number of fused-ring (bicyclic) bond motifs is 1. The predicted molar refractivity (Wildman–Crippen MR) is 102 cm³/mol. The van der Waals surface area contributed by atoms with Gasteiger partial charge < -0.3 is 29.5 Å². The Morgan fingerprint density at radius 1 is 1.23 bits per heavy atom. The molecule has 31 heavy (non-hydrogen) atoms. The lowest BCUT2D eigenvalue weighted by atomic mass is 9.37. The first-order chi connectivity index (χ1) is 14.4. The first kappa shape index (κ1) is 21.3. The molecule has 3 N–H and O–H groups in total. The van der Waals surface area contributed by atoms with Gasteiger partial charge in [-0.15, -0.1) is 0 Å². The molecular formula is C22H30O9. The molecule has 1 spiro atoms. The summed E-state index contributed by atoms with van der Waals surface area (Å²) in [5.74, 6) is -6.24. The van der Waals surface area contributed by atoms with Gasteiger partial charge in [0.1, 0.15) is 18.3 Å². The zero-order chi connectivity index (χ0) is 22.7. The van der Waals surface area contributed by atoms with Crippen molar-refractivity contribution in [1.82, 2.24) is 0 Å². The van der Waals surface area contributed by atoms with Crippen LogP contribution in [0.4, 0.5) is 0 Å². The summed E-state index contributed by atoms with van der Waals surface area (Å²) < 4.78 is 17.1. The first-order valence-electron chi connectivity index (χ1n) is 11.0. The maximum atomic E-state index is 12.9. The van der Waals surface area contributed by atoms with E-state index in [4.69, 9.17) is 14.2 Å². The van der Waals surface area contributed by atoms with E-state index in [2.05, 4.69) is 0 Å². The van der Waals surface area contributed by atoms with E-state index in [1.807, 2.05) is 6.92 Å². The van der Waals surface area contributed by atoms with Crippen molar-refractivity contribution < 1.29 is 43.9 Å². The summed E-state index contributed by atoms with van der Waals surface area (Å²) in [5.41, 5.74) is -2.12. The average Bonchev–Trinajstić information content (AvgIpc) is 2.97. The Balaban J connectivity index is 1.74. The second-order valence-electron chi connectivity index (χ2n) is 10.6. The van der Waals surface area contributed by atoms with Gasteiger partial charge in [0.05, 0.1) is 6.61 Å². The number of aliphatic hydroxyl groups excluding tert-OH is 2. The lowest BCUT2D eigenvalue weighted by Gasteiger charge is -2.68. The highest BCUT2D eigenvalue weighted by Gasteiger charge is 2.83. The normalized spacial score (nSPS) is 57.6. The van der Waals surface area contributed by atoms with Crippen molar-refractivity contribution in [2.24, 2.45) is 40.4 Å². The van der Waals surface area contributed by atoms with Crippen molar-refractivity contribution >= 4 is 17.7 Å². The number of ketones is 1. The second-order valence-corrected chi connectivity index (χ2v) is 10.6. The maximum Gasteiger partial charge on any atom is 0.348 e. The van der Waals surface area contributed by atoms with Crippen molar-refractivity contribution in [2.45, 2.75) is 70.7 Å². The predicted octanol–water partition coefficient (Wildman–Crippen LogP) is -0.212. The number of hydrogen-bond acceptors (Lipinski definition) is 9. The number of hydrogen-bond donors (Lipinski definition) is 3. The van der Waals surface area contributed by atoms with Gasteiger partial charge in [-0.1, -0.05) is 20.8 Å². The lowest BCUT2D eigenvalue weighted by molar-refractivity contribution is -0.346. The molecule has 9 nitrogen and oxygen atoms in total. The first-order valence-corrected chi connectivity index (χ1v) is 11.0. The molecule has 0 radical (unpaired) electrons.